The molecule has 6 heteroatoms. The molecule has 2 fully saturated rings. The van der Waals surface area contributed by atoms with Gasteiger partial charge in [-0.3, -0.25) is 9.59 Å². The molecule has 98 valence electrons. The van der Waals surface area contributed by atoms with E-state index in [-0.39, 0.29) is 36.3 Å². The Bertz CT molecular complexity index is 298. The Morgan fingerprint density at radius 1 is 1.41 bits per heavy atom. The van der Waals surface area contributed by atoms with Gasteiger partial charge in [0, 0.05) is 12.5 Å². The third-order valence-corrected chi connectivity index (χ3v) is 3.60. The molecule has 2 rings (SSSR count). The molecule has 5 nitrogen and oxygen atoms in total. The fraction of sp³-hybridized carbons (Fsp3) is 0.818. The smallest absolute Gasteiger partial charge is 0.242 e. The Morgan fingerprint density at radius 3 is 2.76 bits per heavy atom. The maximum atomic E-state index is 11.8. The lowest BCUT2D eigenvalue weighted by Gasteiger charge is -2.21. The highest BCUT2D eigenvalue weighted by Crippen LogP contribution is 2.24. The number of amides is 2. The summed E-state index contributed by atoms with van der Waals surface area (Å²) in [4.78, 5) is 22.8. The van der Waals surface area contributed by atoms with Crippen LogP contribution in [0, 0.1) is 5.92 Å². The molecular formula is C11H20ClN3O2. The fourth-order valence-corrected chi connectivity index (χ4v) is 2.60. The summed E-state index contributed by atoms with van der Waals surface area (Å²) in [6.07, 6.45) is 4.31. The molecule has 1 aliphatic heterocycles. The van der Waals surface area contributed by atoms with Crippen molar-refractivity contribution in [2.45, 2.75) is 44.2 Å². The van der Waals surface area contributed by atoms with E-state index in [1.165, 1.54) is 0 Å². The maximum Gasteiger partial charge on any atom is 0.242 e. The highest BCUT2D eigenvalue weighted by atomic mass is 35.5. The molecule has 0 radical (unpaired) electrons. The van der Waals surface area contributed by atoms with Crippen LogP contribution in [0.4, 0.5) is 0 Å². The van der Waals surface area contributed by atoms with Gasteiger partial charge in [-0.1, -0.05) is 6.42 Å². The van der Waals surface area contributed by atoms with E-state index in [2.05, 4.69) is 10.6 Å². The van der Waals surface area contributed by atoms with Crippen molar-refractivity contribution in [2.75, 3.05) is 6.54 Å². The van der Waals surface area contributed by atoms with E-state index in [0.717, 1.165) is 19.3 Å². The van der Waals surface area contributed by atoms with Gasteiger partial charge in [-0.2, -0.15) is 0 Å². The third-order valence-electron chi connectivity index (χ3n) is 3.60. The summed E-state index contributed by atoms with van der Waals surface area (Å²) in [6.45, 7) is 0.627. The molecule has 1 saturated carbocycles. The quantitative estimate of drug-likeness (QED) is 0.665. The minimum absolute atomic E-state index is 0. The van der Waals surface area contributed by atoms with Crippen molar-refractivity contribution in [2.24, 2.45) is 11.7 Å². The molecule has 0 aromatic rings. The van der Waals surface area contributed by atoms with E-state index in [0.29, 0.717) is 25.3 Å². The Hall–Kier alpha value is -0.810. The first-order valence-electron chi connectivity index (χ1n) is 6.00. The van der Waals surface area contributed by atoms with Crippen LogP contribution >= 0.6 is 12.4 Å². The van der Waals surface area contributed by atoms with Gasteiger partial charge in [-0.25, -0.2) is 0 Å². The molecule has 4 N–H and O–H groups in total. The average Bonchev–Trinajstić information content (AvgIpc) is 2.86. The van der Waals surface area contributed by atoms with Gasteiger partial charge in [-0.15, -0.1) is 12.4 Å². The molecule has 0 aromatic heterocycles. The molecule has 0 bridgehead atoms. The molecule has 2 aliphatic rings. The van der Waals surface area contributed by atoms with Gasteiger partial charge >= 0.3 is 0 Å². The van der Waals surface area contributed by atoms with Crippen LogP contribution in [-0.4, -0.2) is 30.4 Å². The van der Waals surface area contributed by atoms with E-state index in [4.69, 9.17) is 5.73 Å². The van der Waals surface area contributed by atoms with Gasteiger partial charge in [0.05, 0.1) is 0 Å². The number of carbonyl (C=O) groups is 2. The van der Waals surface area contributed by atoms with Gasteiger partial charge in [0.2, 0.25) is 11.8 Å². The third kappa shape index (κ3) is 3.33. The van der Waals surface area contributed by atoms with Crippen molar-refractivity contribution in [3.8, 4) is 0 Å². The molecule has 3 atom stereocenters. The van der Waals surface area contributed by atoms with Gasteiger partial charge in [0.25, 0.3) is 0 Å². The van der Waals surface area contributed by atoms with Crippen molar-refractivity contribution >= 4 is 24.2 Å². The molecule has 1 saturated heterocycles. The van der Waals surface area contributed by atoms with E-state index in [1.807, 2.05) is 0 Å². The second kappa shape index (κ2) is 6.21. The topological polar surface area (TPSA) is 84.2 Å². The lowest BCUT2D eigenvalue weighted by molar-refractivity contribution is -0.126. The summed E-state index contributed by atoms with van der Waals surface area (Å²) < 4.78 is 0. The minimum Gasteiger partial charge on any atom is -0.351 e. The Balaban J connectivity index is 0.00000144. The normalized spacial score (nSPS) is 31.8. The predicted molar refractivity (Wildman–Crippen MR) is 66.7 cm³/mol. The Labute approximate surface area is 107 Å². The van der Waals surface area contributed by atoms with Gasteiger partial charge in [-0.05, 0) is 31.7 Å². The maximum absolute atomic E-state index is 11.8. The second-order valence-corrected chi connectivity index (χ2v) is 4.70. The number of nitrogens with two attached hydrogens (primary N) is 1. The average molecular weight is 262 g/mol. The summed E-state index contributed by atoms with van der Waals surface area (Å²) in [5.74, 6) is 0.333. The molecular weight excluding hydrogens is 242 g/mol. The first-order chi connectivity index (χ1) is 7.70. The van der Waals surface area contributed by atoms with Gasteiger partial charge < -0.3 is 16.4 Å². The van der Waals surface area contributed by atoms with Crippen molar-refractivity contribution < 1.29 is 9.59 Å². The molecule has 0 aromatic carbocycles. The minimum atomic E-state index is -0.327. The molecule has 0 spiro atoms. The van der Waals surface area contributed by atoms with E-state index in [9.17, 15) is 9.59 Å². The molecule has 17 heavy (non-hydrogen) atoms. The summed E-state index contributed by atoms with van der Waals surface area (Å²) in [6, 6.07) is -0.124. The van der Waals surface area contributed by atoms with Crippen molar-refractivity contribution in [3.05, 3.63) is 0 Å². The van der Waals surface area contributed by atoms with E-state index in [1.54, 1.807) is 0 Å². The zero-order valence-electron chi connectivity index (χ0n) is 9.78. The highest BCUT2D eigenvalue weighted by molar-refractivity contribution is 5.90. The number of rotatable bonds is 3. The second-order valence-electron chi connectivity index (χ2n) is 4.70. The van der Waals surface area contributed by atoms with Crippen LogP contribution in [0.3, 0.4) is 0 Å². The summed E-state index contributed by atoms with van der Waals surface area (Å²) >= 11 is 0. The standard InChI is InChI=1S/C11H19N3O2.ClH/c12-6-7-2-1-3-8(7)14-11(16)9-4-5-10(15)13-9;/h7-9H,1-6,12H2,(H,13,15)(H,14,16);1H/t7?,8?,9-;/m1./s1. The molecule has 2 unspecified atom stereocenters. The molecule has 1 heterocycles. The van der Waals surface area contributed by atoms with Crippen LogP contribution in [0.25, 0.3) is 0 Å². The fourth-order valence-electron chi connectivity index (χ4n) is 2.60. The van der Waals surface area contributed by atoms with Crippen molar-refractivity contribution in [3.63, 3.8) is 0 Å². The highest BCUT2D eigenvalue weighted by Gasteiger charge is 2.32. The summed E-state index contributed by atoms with van der Waals surface area (Å²) in [5.41, 5.74) is 5.65. The van der Waals surface area contributed by atoms with Crippen LogP contribution in [-0.2, 0) is 9.59 Å². The van der Waals surface area contributed by atoms with Crippen LogP contribution in [0.1, 0.15) is 32.1 Å². The molecule has 1 aliphatic carbocycles. The van der Waals surface area contributed by atoms with Gasteiger partial charge in [0.1, 0.15) is 6.04 Å². The van der Waals surface area contributed by atoms with Gasteiger partial charge in [0.15, 0.2) is 0 Å². The molecule has 2 amide bonds. The summed E-state index contributed by atoms with van der Waals surface area (Å²) in [5, 5.41) is 5.69. The first kappa shape index (κ1) is 14.3. The monoisotopic (exact) mass is 261 g/mol. The van der Waals surface area contributed by atoms with E-state index >= 15 is 0 Å². The predicted octanol–water partition coefficient (Wildman–Crippen LogP) is -0.0696. The number of hydrogen-bond donors (Lipinski definition) is 3. The zero-order valence-corrected chi connectivity index (χ0v) is 10.6. The lowest BCUT2D eigenvalue weighted by Crippen LogP contribution is -2.48. The number of carbonyl (C=O) groups excluding carboxylic acids is 2. The van der Waals surface area contributed by atoms with Crippen molar-refractivity contribution in [1.29, 1.82) is 0 Å². The largest absolute Gasteiger partial charge is 0.351 e. The number of nitrogens with one attached hydrogen (secondary N) is 2. The van der Waals surface area contributed by atoms with Crippen LogP contribution in [0.2, 0.25) is 0 Å². The Morgan fingerprint density at radius 2 is 2.18 bits per heavy atom. The van der Waals surface area contributed by atoms with Crippen LogP contribution in [0.5, 0.6) is 0 Å². The van der Waals surface area contributed by atoms with Crippen LogP contribution < -0.4 is 16.4 Å². The SMILES string of the molecule is Cl.NCC1CCCC1NC(=O)[C@H]1CCC(=O)N1. The van der Waals surface area contributed by atoms with E-state index < -0.39 is 0 Å². The first-order valence-corrected chi connectivity index (χ1v) is 6.00. The summed E-state index contributed by atoms with van der Waals surface area (Å²) in [7, 11) is 0. The zero-order chi connectivity index (χ0) is 11.5. The van der Waals surface area contributed by atoms with Crippen molar-refractivity contribution in [1.82, 2.24) is 10.6 Å². The lowest BCUT2D eigenvalue weighted by atomic mass is 10.0. The Kier molecular flexibility index (Phi) is 5.21. The van der Waals surface area contributed by atoms with Crippen LogP contribution in [0.15, 0.2) is 0 Å². The number of halogens is 1. The number of hydrogen-bond acceptors (Lipinski definition) is 3.